The Bertz CT molecular complexity index is 810. The molecule has 4 heteroatoms. The smallest absolute Gasteiger partial charge is 0.123 e. The van der Waals surface area contributed by atoms with E-state index in [1.54, 1.807) is 12.1 Å². The molecule has 1 atom stereocenters. The van der Waals surface area contributed by atoms with E-state index >= 15 is 0 Å². The van der Waals surface area contributed by atoms with Gasteiger partial charge in [-0.2, -0.15) is 0 Å². The van der Waals surface area contributed by atoms with E-state index in [4.69, 9.17) is 10.5 Å². The lowest BCUT2D eigenvalue weighted by Crippen LogP contribution is -2.07. The molecule has 3 nitrogen and oxygen atoms in total. The Balaban J connectivity index is 1.64. The molecule has 1 aromatic heterocycles. The average Bonchev–Trinajstić information content (AvgIpc) is 3.03. The molecule has 0 aliphatic heterocycles. The first-order valence-electron chi connectivity index (χ1n) is 8.87. The summed E-state index contributed by atoms with van der Waals surface area (Å²) in [6.07, 6.45) is 5.25. The Hall–Kier alpha value is -2.33. The first kappa shape index (κ1) is 17.5. The number of fused-ring (bicyclic) bond motifs is 1. The molecule has 0 aliphatic carbocycles. The summed E-state index contributed by atoms with van der Waals surface area (Å²) < 4.78 is 21.0. The molecule has 3 aromatic rings. The number of halogens is 1. The Morgan fingerprint density at radius 2 is 1.88 bits per heavy atom. The zero-order valence-corrected chi connectivity index (χ0v) is 14.6. The monoisotopic (exact) mass is 340 g/mol. The second-order valence-corrected chi connectivity index (χ2v) is 6.56. The number of hydrogen-bond acceptors (Lipinski definition) is 2. The van der Waals surface area contributed by atoms with Crippen LogP contribution in [0.25, 0.3) is 16.6 Å². The molecule has 2 N–H and O–H groups in total. The van der Waals surface area contributed by atoms with Gasteiger partial charge in [0.25, 0.3) is 0 Å². The summed E-state index contributed by atoms with van der Waals surface area (Å²) in [5.74, 6) is 1.31. The molecular formula is C21H25FN2O. The van der Waals surface area contributed by atoms with Crippen molar-refractivity contribution < 1.29 is 9.13 Å². The second kappa shape index (κ2) is 8.17. The number of ether oxygens (including phenoxy) is 1. The minimum atomic E-state index is -0.225. The Labute approximate surface area is 148 Å². The third-order valence-electron chi connectivity index (χ3n) is 4.54. The van der Waals surface area contributed by atoms with Gasteiger partial charge in [0, 0.05) is 17.3 Å². The summed E-state index contributed by atoms with van der Waals surface area (Å²) in [5, 5.41) is 1.11. The van der Waals surface area contributed by atoms with Crippen LogP contribution < -0.4 is 10.5 Å². The van der Waals surface area contributed by atoms with Gasteiger partial charge in [-0.15, -0.1) is 0 Å². The van der Waals surface area contributed by atoms with E-state index in [-0.39, 0.29) is 5.82 Å². The van der Waals surface area contributed by atoms with Crippen LogP contribution in [-0.4, -0.2) is 17.7 Å². The molecule has 0 saturated heterocycles. The van der Waals surface area contributed by atoms with E-state index in [1.807, 2.05) is 22.9 Å². The van der Waals surface area contributed by atoms with E-state index in [9.17, 15) is 4.39 Å². The quantitative estimate of drug-likeness (QED) is 0.592. The van der Waals surface area contributed by atoms with Gasteiger partial charge in [0.1, 0.15) is 11.6 Å². The summed E-state index contributed by atoms with van der Waals surface area (Å²) in [6.45, 7) is 3.71. The molecule has 0 amide bonds. The highest BCUT2D eigenvalue weighted by Gasteiger charge is 2.06. The zero-order valence-electron chi connectivity index (χ0n) is 14.6. The largest absolute Gasteiger partial charge is 0.494 e. The molecule has 2 aromatic carbocycles. The fourth-order valence-electron chi connectivity index (χ4n) is 3.09. The topological polar surface area (TPSA) is 40.2 Å². The average molecular weight is 340 g/mol. The lowest BCUT2D eigenvalue weighted by Gasteiger charge is -2.11. The highest BCUT2D eigenvalue weighted by Crippen LogP contribution is 2.25. The molecule has 0 bridgehead atoms. The summed E-state index contributed by atoms with van der Waals surface area (Å²) >= 11 is 0. The van der Waals surface area contributed by atoms with E-state index in [2.05, 4.69) is 19.1 Å². The number of nitrogens with zero attached hydrogens (tertiary/aromatic N) is 1. The van der Waals surface area contributed by atoms with Gasteiger partial charge in [-0.1, -0.05) is 6.92 Å². The standard InChI is InChI=1S/C21H25FN2O/c1-16(10-12-23)3-2-14-25-20-8-9-21-17(15-20)11-13-24(21)19-6-4-18(22)5-7-19/h4-9,11,13,15-16H,2-3,10,12,14,23H2,1H3. The van der Waals surface area contributed by atoms with Crippen LogP contribution in [-0.2, 0) is 0 Å². The maximum absolute atomic E-state index is 13.1. The van der Waals surface area contributed by atoms with Gasteiger partial charge in [-0.25, -0.2) is 4.39 Å². The summed E-state index contributed by atoms with van der Waals surface area (Å²) in [4.78, 5) is 0. The molecule has 1 heterocycles. The van der Waals surface area contributed by atoms with Crippen molar-refractivity contribution in [2.75, 3.05) is 13.2 Å². The van der Waals surface area contributed by atoms with E-state index in [0.717, 1.165) is 54.8 Å². The van der Waals surface area contributed by atoms with Crippen molar-refractivity contribution in [1.29, 1.82) is 0 Å². The van der Waals surface area contributed by atoms with Gasteiger partial charge in [0.2, 0.25) is 0 Å². The number of benzene rings is 2. The normalized spacial score (nSPS) is 12.4. The van der Waals surface area contributed by atoms with Crippen LogP contribution in [0.4, 0.5) is 4.39 Å². The van der Waals surface area contributed by atoms with Crippen LogP contribution >= 0.6 is 0 Å². The molecule has 3 rings (SSSR count). The van der Waals surface area contributed by atoms with E-state index in [0.29, 0.717) is 5.92 Å². The molecule has 0 radical (unpaired) electrons. The van der Waals surface area contributed by atoms with E-state index in [1.165, 1.54) is 12.1 Å². The second-order valence-electron chi connectivity index (χ2n) is 6.56. The van der Waals surface area contributed by atoms with E-state index < -0.39 is 0 Å². The minimum Gasteiger partial charge on any atom is -0.494 e. The van der Waals surface area contributed by atoms with Crippen molar-refractivity contribution in [1.82, 2.24) is 4.57 Å². The molecule has 0 saturated carbocycles. The number of rotatable bonds is 8. The van der Waals surface area contributed by atoms with Crippen LogP contribution in [0.1, 0.15) is 26.2 Å². The molecule has 132 valence electrons. The van der Waals surface area contributed by atoms with Crippen molar-refractivity contribution >= 4 is 10.9 Å². The van der Waals surface area contributed by atoms with Gasteiger partial charge < -0.3 is 15.0 Å². The Morgan fingerprint density at radius 1 is 1.08 bits per heavy atom. The third kappa shape index (κ3) is 4.40. The van der Waals surface area contributed by atoms with Crippen molar-refractivity contribution in [3.63, 3.8) is 0 Å². The van der Waals surface area contributed by atoms with Crippen LogP contribution in [0.2, 0.25) is 0 Å². The van der Waals surface area contributed by atoms with Gasteiger partial charge in [-0.3, -0.25) is 0 Å². The Kier molecular flexibility index (Phi) is 5.71. The Morgan fingerprint density at radius 3 is 2.64 bits per heavy atom. The zero-order chi connectivity index (χ0) is 17.6. The molecule has 0 spiro atoms. The van der Waals surface area contributed by atoms with Gasteiger partial charge >= 0.3 is 0 Å². The van der Waals surface area contributed by atoms with Gasteiger partial charge in [0.15, 0.2) is 0 Å². The highest BCUT2D eigenvalue weighted by molar-refractivity contribution is 5.83. The fraction of sp³-hybridized carbons (Fsp3) is 0.333. The minimum absolute atomic E-state index is 0.225. The first-order chi connectivity index (χ1) is 12.2. The first-order valence-corrected chi connectivity index (χ1v) is 8.87. The highest BCUT2D eigenvalue weighted by atomic mass is 19.1. The summed E-state index contributed by atoms with van der Waals surface area (Å²) in [7, 11) is 0. The van der Waals surface area contributed by atoms with Crippen LogP contribution in [0.3, 0.4) is 0 Å². The van der Waals surface area contributed by atoms with Crippen LogP contribution in [0.15, 0.2) is 54.7 Å². The fourth-order valence-corrected chi connectivity index (χ4v) is 3.09. The molecule has 25 heavy (non-hydrogen) atoms. The molecular weight excluding hydrogens is 315 g/mol. The predicted octanol–water partition coefficient (Wildman–Crippen LogP) is 4.91. The van der Waals surface area contributed by atoms with Gasteiger partial charge in [-0.05, 0) is 80.3 Å². The van der Waals surface area contributed by atoms with Crippen LogP contribution in [0, 0.1) is 11.7 Å². The van der Waals surface area contributed by atoms with Crippen molar-refractivity contribution in [3.8, 4) is 11.4 Å². The molecule has 0 aliphatic rings. The van der Waals surface area contributed by atoms with Crippen molar-refractivity contribution in [2.45, 2.75) is 26.2 Å². The van der Waals surface area contributed by atoms with Gasteiger partial charge in [0.05, 0.1) is 12.1 Å². The molecule has 0 fully saturated rings. The summed E-state index contributed by atoms with van der Waals surface area (Å²) in [6, 6.07) is 14.7. The predicted molar refractivity (Wildman–Crippen MR) is 101 cm³/mol. The number of nitrogens with two attached hydrogens (primary N) is 1. The molecule has 1 unspecified atom stereocenters. The van der Waals surface area contributed by atoms with Crippen molar-refractivity contribution in [2.24, 2.45) is 11.7 Å². The van der Waals surface area contributed by atoms with Crippen molar-refractivity contribution in [3.05, 3.63) is 60.5 Å². The van der Waals surface area contributed by atoms with Crippen LogP contribution in [0.5, 0.6) is 5.75 Å². The lowest BCUT2D eigenvalue weighted by atomic mass is 10.0. The lowest BCUT2D eigenvalue weighted by molar-refractivity contribution is 0.293. The maximum Gasteiger partial charge on any atom is 0.123 e. The number of aromatic nitrogens is 1. The maximum atomic E-state index is 13.1. The summed E-state index contributed by atoms with van der Waals surface area (Å²) in [5.41, 5.74) is 7.60. The third-order valence-corrected chi connectivity index (χ3v) is 4.54. The number of hydrogen-bond donors (Lipinski definition) is 1. The SMILES string of the molecule is CC(CCN)CCCOc1ccc2c(ccn2-c2ccc(F)cc2)c1.